The van der Waals surface area contributed by atoms with Gasteiger partial charge in [0.1, 0.15) is 6.10 Å². The zero-order valence-electron chi connectivity index (χ0n) is 16.9. The molecule has 3 atom stereocenters. The molecular weight excluding hydrogens is 386 g/mol. The van der Waals surface area contributed by atoms with Crippen LogP contribution in [0.2, 0.25) is 0 Å². The van der Waals surface area contributed by atoms with Gasteiger partial charge in [-0.1, -0.05) is 54.6 Å². The second-order valence-electron chi connectivity index (χ2n) is 7.99. The fourth-order valence-electron chi connectivity index (χ4n) is 4.57. The summed E-state index contributed by atoms with van der Waals surface area (Å²) in [5.41, 5.74) is 3.46. The Hall–Kier alpha value is -1.73. The van der Waals surface area contributed by atoms with E-state index >= 15 is 0 Å². The van der Waals surface area contributed by atoms with E-state index in [9.17, 15) is 8.42 Å². The Morgan fingerprint density at radius 3 is 2.59 bits per heavy atom. The molecule has 1 saturated heterocycles. The lowest BCUT2D eigenvalue weighted by Gasteiger charge is -2.25. The SMILES string of the molecule is COC1CN(CCS(=O)(=O)OC2CCCc3ccccc32)CC1c1ccccc1. The standard InChI is InChI=1S/C23H29NO4S/c1-27-23-17-24(16-21(23)19-8-3-2-4-9-19)14-15-29(25,26)28-22-13-7-11-18-10-5-6-12-20(18)22/h2-6,8-10,12,21-23H,7,11,13-17H2,1H3. The van der Waals surface area contributed by atoms with E-state index in [0.717, 1.165) is 37.9 Å². The van der Waals surface area contributed by atoms with Crippen molar-refractivity contribution in [3.8, 4) is 0 Å². The van der Waals surface area contributed by atoms with Crippen molar-refractivity contribution in [3.05, 3.63) is 71.3 Å². The minimum atomic E-state index is -3.60. The third kappa shape index (κ3) is 4.89. The van der Waals surface area contributed by atoms with Gasteiger partial charge in [0.15, 0.2) is 0 Å². The average molecular weight is 416 g/mol. The molecule has 2 aliphatic rings. The maximum Gasteiger partial charge on any atom is 0.269 e. The molecule has 0 amide bonds. The fraction of sp³-hybridized carbons (Fsp3) is 0.478. The van der Waals surface area contributed by atoms with Crippen molar-refractivity contribution in [1.29, 1.82) is 0 Å². The first kappa shape index (κ1) is 20.5. The van der Waals surface area contributed by atoms with Gasteiger partial charge >= 0.3 is 0 Å². The highest BCUT2D eigenvalue weighted by Crippen LogP contribution is 2.34. The molecule has 5 nitrogen and oxygen atoms in total. The molecule has 0 radical (unpaired) electrons. The molecule has 3 unspecified atom stereocenters. The van der Waals surface area contributed by atoms with Gasteiger partial charge in [-0.15, -0.1) is 0 Å². The van der Waals surface area contributed by atoms with Crippen LogP contribution in [0.25, 0.3) is 0 Å². The number of hydrogen-bond donors (Lipinski definition) is 0. The minimum Gasteiger partial charge on any atom is -0.379 e. The molecule has 0 bridgehead atoms. The number of likely N-dealkylation sites (tertiary alicyclic amines) is 1. The van der Waals surface area contributed by atoms with E-state index in [1.165, 1.54) is 11.1 Å². The number of benzene rings is 2. The second-order valence-corrected chi connectivity index (χ2v) is 9.70. The summed E-state index contributed by atoms with van der Waals surface area (Å²) in [6.07, 6.45) is 2.42. The van der Waals surface area contributed by atoms with Crippen molar-refractivity contribution >= 4 is 10.1 Å². The molecule has 1 fully saturated rings. The van der Waals surface area contributed by atoms with Gasteiger partial charge in [-0.05, 0) is 36.0 Å². The molecule has 6 heteroatoms. The van der Waals surface area contributed by atoms with Gasteiger partial charge < -0.3 is 4.74 Å². The number of ether oxygens (including phenoxy) is 1. The maximum absolute atomic E-state index is 12.7. The Balaban J connectivity index is 1.36. The summed E-state index contributed by atoms with van der Waals surface area (Å²) in [4.78, 5) is 2.17. The highest BCUT2D eigenvalue weighted by molar-refractivity contribution is 7.86. The molecule has 156 valence electrons. The number of methoxy groups -OCH3 is 1. The monoisotopic (exact) mass is 415 g/mol. The Labute approximate surface area is 173 Å². The van der Waals surface area contributed by atoms with Crippen LogP contribution in [-0.4, -0.2) is 51.9 Å². The lowest BCUT2D eigenvalue weighted by atomic mass is 9.90. The third-order valence-electron chi connectivity index (χ3n) is 6.11. The van der Waals surface area contributed by atoms with Crippen molar-refractivity contribution in [3.63, 3.8) is 0 Å². The van der Waals surface area contributed by atoms with Gasteiger partial charge in [0.05, 0.1) is 11.9 Å². The topological polar surface area (TPSA) is 55.8 Å². The van der Waals surface area contributed by atoms with Crippen LogP contribution < -0.4 is 0 Å². The van der Waals surface area contributed by atoms with E-state index < -0.39 is 10.1 Å². The zero-order chi connectivity index (χ0) is 20.3. The second kappa shape index (κ2) is 8.96. The average Bonchev–Trinajstić information content (AvgIpc) is 3.17. The number of hydrogen-bond acceptors (Lipinski definition) is 5. The zero-order valence-corrected chi connectivity index (χ0v) is 17.7. The summed E-state index contributed by atoms with van der Waals surface area (Å²) in [6.45, 7) is 1.99. The van der Waals surface area contributed by atoms with E-state index in [2.05, 4.69) is 23.1 Å². The predicted molar refractivity (Wildman–Crippen MR) is 113 cm³/mol. The van der Waals surface area contributed by atoms with Gasteiger partial charge in [0.2, 0.25) is 0 Å². The molecule has 2 aromatic rings. The predicted octanol–water partition coefficient (Wildman–Crippen LogP) is 3.52. The van der Waals surface area contributed by atoms with Crippen LogP contribution in [0.3, 0.4) is 0 Å². The summed E-state index contributed by atoms with van der Waals surface area (Å²) >= 11 is 0. The minimum absolute atomic E-state index is 0.00358. The largest absolute Gasteiger partial charge is 0.379 e. The Morgan fingerprint density at radius 2 is 1.79 bits per heavy atom. The first-order valence-corrected chi connectivity index (χ1v) is 11.9. The smallest absolute Gasteiger partial charge is 0.269 e. The van der Waals surface area contributed by atoms with E-state index in [1.54, 1.807) is 7.11 Å². The summed E-state index contributed by atoms with van der Waals surface area (Å²) in [7, 11) is -1.87. The van der Waals surface area contributed by atoms with E-state index in [-0.39, 0.29) is 23.9 Å². The van der Waals surface area contributed by atoms with Crippen LogP contribution in [0.1, 0.15) is 41.6 Å². The Kier molecular flexibility index (Phi) is 6.35. The molecule has 29 heavy (non-hydrogen) atoms. The molecule has 2 aromatic carbocycles. The molecule has 1 aliphatic heterocycles. The summed E-state index contributed by atoms with van der Waals surface area (Å²) in [5, 5.41) is 0. The molecule has 1 heterocycles. The Morgan fingerprint density at radius 1 is 1.03 bits per heavy atom. The van der Waals surface area contributed by atoms with Crippen LogP contribution in [-0.2, 0) is 25.5 Å². The first-order chi connectivity index (χ1) is 14.1. The van der Waals surface area contributed by atoms with E-state index in [0.29, 0.717) is 6.54 Å². The number of fused-ring (bicyclic) bond motifs is 1. The maximum atomic E-state index is 12.7. The lowest BCUT2D eigenvalue weighted by molar-refractivity contribution is 0.0976. The summed E-state index contributed by atoms with van der Waals surface area (Å²) in [5.74, 6) is 0.263. The highest BCUT2D eigenvalue weighted by atomic mass is 32.2. The van der Waals surface area contributed by atoms with Crippen LogP contribution in [0.15, 0.2) is 54.6 Å². The molecule has 4 rings (SSSR count). The van der Waals surface area contributed by atoms with E-state index in [4.69, 9.17) is 8.92 Å². The normalized spacial score (nSPS) is 25.1. The highest BCUT2D eigenvalue weighted by Gasteiger charge is 2.34. The van der Waals surface area contributed by atoms with Gasteiger partial charge in [-0.3, -0.25) is 9.08 Å². The number of aryl methyl sites for hydroxylation is 1. The van der Waals surface area contributed by atoms with Gasteiger partial charge in [-0.25, -0.2) is 0 Å². The summed E-state index contributed by atoms with van der Waals surface area (Å²) < 4.78 is 36.7. The molecule has 0 aromatic heterocycles. The van der Waals surface area contributed by atoms with Gasteiger partial charge in [0, 0.05) is 32.7 Å². The van der Waals surface area contributed by atoms with Crippen molar-refractivity contribution < 1.29 is 17.3 Å². The van der Waals surface area contributed by atoms with E-state index in [1.807, 2.05) is 36.4 Å². The van der Waals surface area contributed by atoms with Crippen LogP contribution >= 0.6 is 0 Å². The van der Waals surface area contributed by atoms with Crippen molar-refractivity contribution in [2.75, 3.05) is 32.5 Å². The molecular formula is C23H29NO4S. The Bertz CT molecular complexity index is 915. The van der Waals surface area contributed by atoms with Crippen LogP contribution in [0.5, 0.6) is 0 Å². The summed E-state index contributed by atoms with van der Waals surface area (Å²) in [6, 6.07) is 18.3. The lowest BCUT2D eigenvalue weighted by Crippen LogP contribution is -2.30. The fourth-order valence-corrected chi connectivity index (χ4v) is 5.70. The van der Waals surface area contributed by atoms with Crippen molar-refractivity contribution in [2.24, 2.45) is 0 Å². The third-order valence-corrected chi connectivity index (χ3v) is 7.32. The van der Waals surface area contributed by atoms with Gasteiger partial charge in [0.25, 0.3) is 10.1 Å². The molecule has 0 spiro atoms. The first-order valence-electron chi connectivity index (χ1n) is 10.3. The van der Waals surface area contributed by atoms with Gasteiger partial charge in [-0.2, -0.15) is 8.42 Å². The van der Waals surface area contributed by atoms with Crippen molar-refractivity contribution in [2.45, 2.75) is 37.4 Å². The van der Waals surface area contributed by atoms with Crippen molar-refractivity contribution in [1.82, 2.24) is 4.90 Å². The van der Waals surface area contributed by atoms with Crippen LogP contribution in [0.4, 0.5) is 0 Å². The quantitative estimate of drug-likeness (QED) is 0.648. The van der Waals surface area contributed by atoms with Crippen LogP contribution in [0, 0.1) is 0 Å². The molecule has 1 aliphatic carbocycles. The molecule has 0 N–H and O–H groups in total. The molecule has 0 saturated carbocycles. The number of rotatable bonds is 7. The number of nitrogens with zero attached hydrogens (tertiary/aromatic N) is 1.